The monoisotopic (exact) mass is 257 g/mol. The van der Waals surface area contributed by atoms with E-state index in [4.69, 9.17) is 9.47 Å². The normalized spacial score (nSPS) is 27.5. The quantitative estimate of drug-likeness (QED) is 0.760. The van der Waals surface area contributed by atoms with Crippen LogP contribution in [0, 0.1) is 0 Å². The van der Waals surface area contributed by atoms with Gasteiger partial charge < -0.3 is 14.8 Å². The molecule has 0 saturated heterocycles. The number of hydrogen-bond acceptors (Lipinski definition) is 3. The third-order valence-electron chi connectivity index (χ3n) is 3.63. The maximum atomic E-state index is 6.21. The van der Waals surface area contributed by atoms with E-state index in [1.165, 1.54) is 38.5 Å². The molecule has 1 saturated carbocycles. The Bertz CT molecular complexity index is 199. The standard InChI is InChI=1S/C15H31NO2/c1-4-16-14-10-8-6-7-9-11-15(14)18-13(3)12-17-5-2/h13-16H,4-12H2,1-3H3. The maximum absolute atomic E-state index is 6.21. The second-order valence-corrected chi connectivity index (χ2v) is 5.30. The Hall–Kier alpha value is -0.120. The Balaban J connectivity index is 2.43. The summed E-state index contributed by atoms with van der Waals surface area (Å²) < 4.78 is 11.6. The zero-order chi connectivity index (χ0) is 13.2. The summed E-state index contributed by atoms with van der Waals surface area (Å²) >= 11 is 0. The Labute approximate surface area is 113 Å². The van der Waals surface area contributed by atoms with E-state index in [-0.39, 0.29) is 6.10 Å². The van der Waals surface area contributed by atoms with Gasteiger partial charge in [-0.2, -0.15) is 0 Å². The van der Waals surface area contributed by atoms with Crippen LogP contribution in [0.1, 0.15) is 59.3 Å². The molecule has 0 spiro atoms. The lowest BCUT2D eigenvalue weighted by Crippen LogP contribution is -2.43. The fraction of sp³-hybridized carbons (Fsp3) is 1.00. The zero-order valence-electron chi connectivity index (χ0n) is 12.4. The molecule has 108 valence electrons. The van der Waals surface area contributed by atoms with Gasteiger partial charge >= 0.3 is 0 Å². The Kier molecular flexibility index (Phi) is 8.64. The first kappa shape index (κ1) is 15.9. The van der Waals surface area contributed by atoms with Crippen LogP contribution < -0.4 is 5.32 Å². The zero-order valence-corrected chi connectivity index (χ0v) is 12.4. The summed E-state index contributed by atoms with van der Waals surface area (Å²) in [7, 11) is 0. The average molecular weight is 257 g/mol. The number of likely N-dealkylation sites (N-methyl/N-ethyl adjacent to an activating group) is 1. The van der Waals surface area contributed by atoms with E-state index in [0.29, 0.717) is 18.8 Å². The van der Waals surface area contributed by atoms with Crippen LogP contribution in [0.3, 0.4) is 0 Å². The van der Waals surface area contributed by atoms with Crippen LogP contribution in [0.15, 0.2) is 0 Å². The van der Waals surface area contributed by atoms with Crippen LogP contribution in [0.2, 0.25) is 0 Å². The van der Waals surface area contributed by atoms with Crippen LogP contribution in [-0.4, -0.2) is 38.0 Å². The molecule has 0 radical (unpaired) electrons. The minimum absolute atomic E-state index is 0.204. The van der Waals surface area contributed by atoms with Gasteiger partial charge in [-0.1, -0.05) is 32.6 Å². The van der Waals surface area contributed by atoms with Crippen LogP contribution in [0.5, 0.6) is 0 Å². The third kappa shape index (κ3) is 6.17. The highest BCUT2D eigenvalue weighted by atomic mass is 16.5. The lowest BCUT2D eigenvalue weighted by Gasteiger charge is -2.32. The Morgan fingerprint density at radius 2 is 1.83 bits per heavy atom. The van der Waals surface area contributed by atoms with Crippen molar-refractivity contribution in [1.82, 2.24) is 5.32 Å². The predicted molar refractivity (Wildman–Crippen MR) is 76.0 cm³/mol. The van der Waals surface area contributed by atoms with Gasteiger partial charge in [0.2, 0.25) is 0 Å². The largest absolute Gasteiger partial charge is 0.379 e. The molecule has 0 aliphatic heterocycles. The van der Waals surface area contributed by atoms with Gasteiger partial charge in [-0.25, -0.2) is 0 Å². The number of nitrogens with one attached hydrogen (secondary N) is 1. The molecule has 1 rings (SSSR count). The van der Waals surface area contributed by atoms with Crippen molar-refractivity contribution >= 4 is 0 Å². The molecule has 0 bridgehead atoms. The molecule has 3 nitrogen and oxygen atoms in total. The lowest BCUT2D eigenvalue weighted by atomic mass is 9.94. The van der Waals surface area contributed by atoms with E-state index in [9.17, 15) is 0 Å². The van der Waals surface area contributed by atoms with Crippen LogP contribution in [0.25, 0.3) is 0 Å². The van der Waals surface area contributed by atoms with Crippen molar-refractivity contribution in [2.75, 3.05) is 19.8 Å². The summed E-state index contributed by atoms with van der Waals surface area (Å²) in [6.07, 6.45) is 8.37. The van der Waals surface area contributed by atoms with Gasteiger partial charge in [0.05, 0.1) is 18.8 Å². The van der Waals surface area contributed by atoms with Gasteiger partial charge in [0.1, 0.15) is 0 Å². The average Bonchev–Trinajstić information content (AvgIpc) is 2.34. The van der Waals surface area contributed by atoms with Crippen LogP contribution in [0.4, 0.5) is 0 Å². The summed E-state index contributed by atoms with van der Waals surface area (Å²) in [5.41, 5.74) is 0. The molecule has 1 N–H and O–H groups in total. The van der Waals surface area contributed by atoms with Crippen LogP contribution >= 0.6 is 0 Å². The predicted octanol–water partition coefficient (Wildman–Crippen LogP) is 3.13. The molecule has 0 aromatic carbocycles. The first-order valence-corrected chi connectivity index (χ1v) is 7.74. The van der Waals surface area contributed by atoms with Crippen molar-refractivity contribution in [3.8, 4) is 0 Å². The van der Waals surface area contributed by atoms with Gasteiger partial charge in [0.15, 0.2) is 0 Å². The minimum Gasteiger partial charge on any atom is -0.379 e. The number of ether oxygens (including phenoxy) is 2. The SMILES string of the molecule is CCNC1CCCCCCC1OC(C)COCC. The highest BCUT2D eigenvalue weighted by Crippen LogP contribution is 2.21. The summed E-state index contributed by atoms with van der Waals surface area (Å²) in [5, 5.41) is 3.60. The molecule has 3 unspecified atom stereocenters. The molecule has 0 aromatic heterocycles. The molecule has 3 heteroatoms. The molecule has 1 aliphatic carbocycles. The van der Waals surface area contributed by atoms with Crippen molar-refractivity contribution in [3.63, 3.8) is 0 Å². The fourth-order valence-corrected chi connectivity index (χ4v) is 2.73. The van der Waals surface area contributed by atoms with Gasteiger partial charge in [-0.05, 0) is 33.2 Å². The van der Waals surface area contributed by atoms with E-state index in [1.807, 2.05) is 6.92 Å². The highest BCUT2D eigenvalue weighted by Gasteiger charge is 2.24. The Morgan fingerprint density at radius 3 is 2.50 bits per heavy atom. The van der Waals surface area contributed by atoms with Gasteiger partial charge in [-0.15, -0.1) is 0 Å². The minimum atomic E-state index is 0.204. The molecule has 1 aliphatic rings. The summed E-state index contributed by atoms with van der Waals surface area (Å²) in [6.45, 7) is 8.85. The topological polar surface area (TPSA) is 30.5 Å². The van der Waals surface area contributed by atoms with Gasteiger partial charge in [-0.3, -0.25) is 0 Å². The van der Waals surface area contributed by atoms with E-state index in [1.54, 1.807) is 0 Å². The smallest absolute Gasteiger partial charge is 0.0785 e. The van der Waals surface area contributed by atoms with Crippen molar-refractivity contribution in [2.45, 2.75) is 77.5 Å². The summed E-state index contributed by atoms with van der Waals surface area (Å²) in [6, 6.07) is 0.527. The van der Waals surface area contributed by atoms with E-state index >= 15 is 0 Å². The maximum Gasteiger partial charge on any atom is 0.0785 e. The van der Waals surface area contributed by atoms with Crippen molar-refractivity contribution < 1.29 is 9.47 Å². The molecule has 0 amide bonds. The number of hydrogen-bond donors (Lipinski definition) is 1. The van der Waals surface area contributed by atoms with E-state index < -0.39 is 0 Å². The second-order valence-electron chi connectivity index (χ2n) is 5.30. The highest BCUT2D eigenvalue weighted by molar-refractivity contribution is 4.79. The van der Waals surface area contributed by atoms with Crippen molar-refractivity contribution in [3.05, 3.63) is 0 Å². The fourth-order valence-electron chi connectivity index (χ4n) is 2.73. The van der Waals surface area contributed by atoms with Crippen molar-refractivity contribution in [2.24, 2.45) is 0 Å². The summed E-state index contributed by atoms with van der Waals surface area (Å²) in [5.74, 6) is 0. The third-order valence-corrected chi connectivity index (χ3v) is 3.63. The first-order chi connectivity index (χ1) is 8.77. The van der Waals surface area contributed by atoms with Gasteiger partial charge in [0.25, 0.3) is 0 Å². The van der Waals surface area contributed by atoms with E-state index in [0.717, 1.165) is 13.2 Å². The Morgan fingerprint density at radius 1 is 1.11 bits per heavy atom. The molecule has 18 heavy (non-hydrogen) atoms. The van der Waals surface area contributed by atoms with E-state index in [2.05, 4.69) is 19.2 Å². The first-order valence-electron chi connectivity index (χ1n) is 7.74. The van der Waals surface area contributed by atoms with Gasteiger partial charge in [0, 0.05) is 12.6 Å². The number of rotatable bonds is 7. The molecular weight excluding hydrogens is 226 g/mol. The van der Waals surface area contributed by atoms with Crippen molar-refractivity contribution in [1.29, 1.82) is 0 Å². The van der Waals surface area contributed by atoms with Crippen LogP contribution in [-0.2, 0) is 9.47 Å². The molecule has 0 aromatic rings. The molecule has 1 fully saturated rings. The second kappa shape index (κ2) is 9.76. The molecular formula is C15H31NO2. The molecule has 0 heterocycles. The summed E-state index contributed by atoms with van der Waals surface area (Å²) in [4.78, 5) is 0. The lowest BCUT2D eigenvalue weighted by molar-refractivity contribution is -0.0658. The molecule has 3 atom stereocenters.